The molecule has 5 nitrogen and oxygen atoms in total. The fourth-order valence-corrected chi connectivity index (χ4v) is 2.77. The van der Waals surface area contributed by atoms with Gasteiger partial charge in [-0.3, -0.25) is 9.59 Å². The molecule has 0 fully saturated rings. The zero-order valence-electron chi connectivity index (χ0n) is 15.7. The zero-order valence-corrected chi connectivity index (χ0v) is 15.7. The molecule has 0 saturated heterocycles. The van der Waals surface area contributed by atoms with E-state index in [9.17, 15) is 9.59 Å². The van der Waals surface area contributed by atoms with E-state index < -0.39 is 0 Å². The number of benzene rings is 2. The van der Waals surface area contributed by atoms with Crippen molar-refractivity contribution < 1.29 is 19.1 Å². The Bertz CT molecular complexity index is 799. The number of hydrogen-bond donors (Lipinski definition) is 1. The third kappa shape index (κ3) is 4.85. The molecule has 0 aliphatic heterocycles. The molecule has 0 saturated carbocycles. The fourth-order valence-electron chi connectivity index (χ4n) is 2.77. The first-order chi connectivity index (χ1) is 12.5. The third-order valence-corrected chi connectivity index (χ3v) is 4.23. The lowest BCUT2D eigenvalue weighted by molar-refractivity contribution is -0.121. The predicted molar refractivity (Wildman–Crippen MR) is 101 cm³/mol. The summed E-state index contributed by atoms with van der Waals surface area (Å²) in [6, 6.07) is 11.3. The van der Waals surface area contributed by atoms with E-state index in [0.29, 0.717) is 23.6 Å². The van der Waals surface area contributed by atoms with Crippen molar-refractivity contribution in [3.63, 3.8) is 0 Å². The maximum absolute atomic E-state index is 12.4. The normalized spacial score (nSPS) is 10.3. The second-order valence-corrected chi connectivity index (χ2v) is 6.17. The molecule has 2 aromatic rings. The molecule has 0 heterocycles. The number of carbonyl (C=O) groups is 2. The number of para-hydroxylation sites is 1. The quantitative estimate of drug-likeness (QED) is 0.735. The summed E-state index contributed by atoms with van der Waals surface area (Å²) in [5, 5.41) is 2.83. The zero-order chi connectivity index (χ0) is 19.1. The highest BCUT2D eigenvalue weighted by molar-refractivity contribution is 5.99. The van der Waals surface area contributed by atoms with Gasteiger partial charge in [0, 0.05) is 30.5 Å². The van der Waals surface area contributed by atoms with Gasteiger partial charge < -0.3 is 14.8 Å². The highest BCUT2D eigenvalue weighted by Gasteiger charge is 2.13. The molecule has 2 rings (SSSR count). The molecule has 0 bridgehead atoms. The van der Waals surface area contributed by atoms with E-state index in [-0.39, 0.29) is 24.5 Å². The Hall–Kier alpha value is -2.82. The molecule has 2 aromatic carbocycles. The van der Waals surface area contributed by atoms with Crippen LogP contribution in [0.2, 0.25) is 0 Å². The Labute approximate surface area is 154 Å². The van der Waals surface area contributed by atoms with Crippen LogP contribution in [0.5, 0.6) is 11.5 Å². The van der Waals surface area contributed by atoms with Crippen molar-refractivity contribution in [2.45, 2.75) is 33.2 Å². The number of Topliss-reactive ketones (excluding diaryl/α,β-unsaturated/α-hetero) is 1. The Morgan fingerprint density at radius 3 is 2.46 bits per heavy atom. The highest BCUT2D eigenvalue weighted by Crippen LogP contribution is 2.30. The largest absolute Gasteiger partial charge is 0.493 e. The third-order valence-electron chi connectivity index (χ3n) is 4.23. The van der Waals surface area contributed by atoms with Crippen LogP contribution in [0.1, 0.15) is 39.9 Å². The number of ketones is 1. The van der Waals surface area contributed by atoms with Gasteiger partial charge in [-0.15, -0.1) is 0 Å². The Morgan fingerprint density at radius 2 is 1.77 bits per heavy atom. The minimum atomic E-state index is -0.173. The van der Waals surface area contributed by atoms with E-state index in [0.717, 1.165) is 16.7 Å². The van der Waals surface area contributed by atoms with Crippen LogP contribution < -0.4 is 14.8 Å². The fraction of sp³-hybridized carbons (Fsp3) is 0.333. The van der Waals surface area contributed by atoms with Crippen molar-refractivity contribution in [1.82, 2.24) is 5.32 Å². The summed E-state index contributed by atoms with van der Waals surface area (Å²) >= 11 is 0. The van der Waals surface area contributed by atoms with Crippen molar-refractivity contribution in [3.8, 4) is 11.5 Å². The van der Waals surface area contributed by atoms with Crippen LogP contribution in [-0.2, 0) is 11.3 Å². The van der Waals surface area contributed by atoms with Gasteiger partial charge in [-0.1, -0.05) is 29.8 Å². The molecule has 0 radical (unpaired) electrons. The molecule has 0 aromatic heterocycles. The van der Waals surface area contributed by atoms with E-state index >= 15 is 0 Å². The number of amides is 1. The molecule has 1 N–H and O–H groups in total. The second kappa shape index (κ2) is 9.04. The lowest BCUT2D eigenvalue weighted by atomic mass is 9.99. The molecule has 0 unspecified atom stereocenters. The summed E-state index contributed by atoms with van der Waals surface area (Å²) in [5.41, 5.74) is 3.48. The smallest absolute Gasteiger partial charge is 0.220 e. The lowest BCUT2D eigenvalue weighted by Crippen LogP contribution is -2.23. The number of methoxy groups -OCH3 is 2. The van der Waals surface area contributed by atoms with Gasteiger partial charge in [0.1, 0.15) is 0 Å². The van der Waals surface area contributed by atoms with Crippen molar-refractivity contribution in [3.05, 3.63) is 58.7 Å². The number of aryl methyl sites for hydroxylation is 2. The molecule has 0 atom stereocenters. The van der Waals surface area contributed by atoms with Gasteiger partial charge >= 0.3 is 0 Å². The van der Waals surface area contributed by atoms with Crippen LogP contribution in [0.3, 0.4) is 0 Å². The van der Waals surface area contributed by atoms with Gasteiger partial charge in [0.25, 0.3) is 0 Å². The Kier molecular flexibility index (Phi) is 6.78. The number of hydrogen-bond acceptors (Lipinski definition) is 4. The molecule has 1 amide bonds. The number of ether oxygens (including phenoxy) is 2. The summed E-state index contributed by atoms with van der Waals surface area (Å²) in [5.74, 6) is 1.03. The summed E-state index contributed by atoms with van der Waals surface area (Å²) in [7, 11) is 3.13. The molecular formula is C21H25NO4. The summed E-state index contributed by atoms with van der Waals surface area (Å²) < 4.78 is 10.6. The standard InChI is InChI=1S/C21H25NO4/c1-14-8-9-15(2)17(12-14)18(23)10-11-20(24)22-13-16-6-5-7-19(25-3)21(16)26-4/h5-9,12H,10-11,13H2,1-4H3,(H,22,24). The van der Waals surface area contributed by atoms with Crippen molar-refractivity contribution in [2.75, 3.05) is 14.2 Å². The second-order valence-electron chi connectivity index (χ2n) is 6.17. The van der Waals surface area contributed by atoms with Gasteiger partial charge in [-0.05, 0) is 31.5 Å². The molecule has 0 spiro atoms. The van der Waals surface area contributed by atoms with Crippen LogP contribution in [0.25, 0.3) is 0 Å². The van der Waals surface area contributed by atoms with Crippen molar-refractivity contribution in [2.24, 2.45) is 0 Å². The average Bonchev–Trinajstić information content (AvgIpc) is 2.65. The topological polar surface area (TPSA) is 64.6 Å². The molecule has 0 aliphatic rings. The number of rotatable bonds is 8. The molecule has 5 heteroatoms. The van der Waals surface area contributed by atoms with Crippen LogP contribution in [0, 0.1) is 13.8 Å². The molecular weight excluding hydrogens is 330 g/mol. The number of nitrogens with one attached hydrogen (secondary N) is 1. The van der Waals surface area contributed by atoms with Crippen molar-refractivity contribution in [1.29, 1.82) is 0 Å². The van der Waals surface area contributed by atoms with Gasteiger partial charge in [-0.25, -0.2) is 0 Å². The van der Waals surface area contributed by atoms with Crippen LogP contribution in [-0.4, -0.2) is 25.9 Å². The van der Waals surface area contributed by atoms with Crippen LogP contribution in [0.15, 0.2) is 36.4 Å². The average molecular weight is 355 g/mol. The van der Waals surface area contributed by atoms with Gasteiger partial charge in [0.05, 0.1) is 14.2 Å². The van der Waals surface area contributed by atoms with Gasteiger partial charge in [0.15, 0.2) is 17.3 Å². The molecule has 26 heavy (non-hydrogen) atoms. The van der Waals surface area contributed by atoms with Gasteiger partial charge in [-0.2, -0.15) is 0 Å². The van der Waals surface area contributed by atoms with Crippen LogP contribution in [0.4, 0.5) is 0 Å². The maximum Gasteiger partial charge on any atom is 0.220 e. The minimum absolute atomic E-state index is 0.0136. The van der Waals surface area contributed by atoms with E-state index in [1.807, 2.05) is 44.2 Å². The monoisotopic (exact) mass is 355 g/mol. The SMILES string of the molecule is COc1cccc(CNC(=O)CCC(=O)c2cc(C)ccc2C)c1OC. The summed E-state index contributed by atoms with van der Waals surface area (Å²) in [6.07, 6.45) is 0.337. The maximum atomic E-state index is 12.4. The van der Waals surface area contributed by atoms with Gasteiger partial charge in [0.2, 0.25) is 5.91 Å². The summed E-state index contributed by atoms with van der Waals surface area (Å²) in [4.78, 5) is 24.5. The predicted octanol–water partition coefficient (Wildman–Crippen LogP) is 3.60. The first-order valence-electron chi connectivity index (χ1n) is 8.53. The first kappa shape index (κ1) is 19.5. The highest BCUT2D eigenvalue weighted by atomic mass is 16.5. The lowest BCUT2D eigenvalue weighted by Gasteiger charge is -2.13. The summed E-state index contributed by atoms with van der Waals surface area (Å²) in [6.45, 7) is 4.17. The van der Waals surface area contributed by atoms with Crippen LogP contribution >= 0.6 is 0 Å². The van der Waals surface area contributed by atoms with Crippen molar-refractivity contribution >= 4 is 11.7 Å². The van der Waals surface area contributed by atoms with E-state index in [4.69, 9.17) is 9.47 Å². The van der Waals surface area contributed by atoms with E-state index in [2.05, 4.69) is 5.32 Å². The first-order valence-corrected chi connectivity index (χ1v) is 8.53. The van der Waals surface area contributed by atoms with E-state index in [1.54, 1.807) is 20.3 Å². The molecule has 138 valence electrons. The Balaban J connectivity index is 1.92. The number of carbonyl (C=O) groups excluding carboxylic acids is 2. The van der Waals surface area contributed by atoms with E-state index in [1.165, 1.54) is 0 Å². The Morgan fingerprint density at radius 1 is 1.00 bits per heavy atom. The molecule has 0 aliphatic carbocycles. The minimum Gasteiger partial charge on any atom is -0.493 e.